The smallest absolute Gasteiger partial charge is 0.197 e. The lowest BCUT2D eigenvalue weighted by Crippen LogP contribution is -2.10. The third-order valence-electron chi connectivity index (χ3n) is 10.6. The van der Waals surface area contributed by atoms with Crippen LogP contribution in [-0.2, 0) is 25.3 Å². The molecule has 0 saturated heterocycles. The number of hydrogen-bond donors (Lipinski definition) is 0. The highest BCUT2D eigenvalue weighted by molar-refractivity contribution is 8.34. The maximum Gasteiger partial charge on any atom is 0.197 e. The van der Waals surface area contributed by atoms with Crippen LogP contribution < -0.4 is 10.2 Å². The normalized spacial score (nSPS) is 11.9. The van der Waals surface area contributed by atoms with Crippen LogP contribution in [0.4, 0.5) is 17.1 Å². The minimum absolute atomic E-state index is 0.765. The van der Waals surface area contributed by atoms with Gasteiger partial charge < -0.3 is 4.90 Å². The van der Waals surface area contributed by atoms with Gasteiger partial charge >= 0.3 is 0 Å². The Balaban J connectivity index is 1.12. The standard InChI is InChI=1S/C48H30NOPS2/c50-51(53-52)40-21-11-32(12-22-40)31-9-17-37(18-10-31)49(38-19-27-43-35(29-38)15-25-45-41-7-3-1-5-33(41)13-23-47(43)45)39-20-28-44-36(30-39)16-26-46-42-8-4-2-6-34(42)14-24-48(44)46/h1-30H. The molecule has 0 aromatic heterocycles. The number of rotatable bonds is 5. The van der Waals surface area contributed by atoms with E-state index in [2.05, 4.69) is 163 Å². The molecule has 10 aromatic rings. The Bertz CT molecular complexity index is 3040. The van der Waals surface area contributed by atoms with Gasteiger partial charge in [-0.3, -0.25) is 4.57 Å². The number of nitrogens with zero attached hydrogens (tertiary/aromatic N) is 1. The second kappa shape index (κ2) is 12.9. The molecule has 0 heterocycles. The molecule has 0 aliphatic rings. The van der Waals surface area contributed by atoms with E-state index >= 15 is 0 Å². The van der Waals surface area contributed by atoms with E-state index in [0.717, 1.165) is 43.0 Å². The lowest BCUT2D eigenvalue weighted by atomic mass is 9.96. The summed E-state index contributed by atoms with van der Waals surface area (Å²) in [6.07, 6.45) is 0. The molecule has 5 heteroatoms. The molecular formula is C48H30NOPS2. The Morgan fingerprint density at radius 1 is 0.377 bits per heavy atom. The van der Waals surface area contributed by atoms with Gasteiger partial charge in [0.1, 0.15) is 0 Å². The molecule has 0 radical (unpaired) electrons. The first-order valence-corrected chi connectivity index (χ1v) is 21.2. The van der Waals surface area contributed by atoms with Crippen molar-refractivity contribution in [3.05, 3.63) is 182 Å². The van der Waals surface area contributed by atoms with Crippen molar-refractivity contribution in [1.82, 2.24) is 0 Å². The molecule has 0 amide bonds. The number of benzene rings is 10. The van der Waals surface area contributed by atoms with Crippen molar-refractivity contribution in [3.63, 3.8) is 0 Å². The molecule has 0 fully saturated rings. The molecule has 0 aliphatic heterocycles. The summed E-state index contributed by atoms with van der Waals surface area (Å²) in [7, 11) is 0.970. The van der Waals surface area contributed by atoms with Crippen LogP contribution in [0.5, 0.6) is 0 Å². The zero-order valence-electron chi connectivity index (χ0n) is 28.4. The van der Waals surface area contributed by atoms with E-state index in [0.29, 0.717) is 0 Å². The number of anilines is 3. The minimum atomic E-state index is -1.61. The van der Waals surface area contributed by atoms with Crippen molar-refractivity contribution in [2.45, 2.75) is 0 Å². The molecule has 0 N–H and O–H groups in total. The van der Waals surface area contributed by atoms with Crippen molar-refractivity contribution >= 4 is 114 Å². The van der Waals surface area contributed by atoms with Gasteiger partial charge in [0.25, 0.3) is 0 Å². The van der Waals surface area contributed by atoms with E-state index in [4.69, 9.17) is 11.2 Å². The highest BCUT2D eigenvalue weighted by atomic mass is 32.9. The zero-order chi connectivity index (χ0) is 35.5. The van der Waals surface area contributed by atoms with Crippen LogP contribution in [-0.4, -0.2) is 0 Å². The van der Waals surface area contributed by atoms with Gasteiger partial charge in [0.2, 0.25) is 0 Å². The van der Waals surface area contributed by atoms with Crippen LogP contribution in [0, 0.1) is 0 Å². The van der Waals surface area contributed by atoms with Gasteiger partial charge in [0.05, 0.1) is 0 Å². The largest absolute Gasteiger partial charge is 0.310 e. The molecule has 0 saturated carbocycles. The van der Waals surface area contributed by atoms with Crippen molar-refractivity contribution in [3.8, 4) is 11.1 Å². The molecule has 1 atom stereocenters. The van der Waals surface area contributed by atoms with Crippen LogP contribution in [0.3, 0.4) is 0 Å². The quantitative estimate of drug-likeness (QED) is 0.130. The second-order valence-electron chi connectivity index (χ2n) is 13.5. The molecule has 0 aliphatic carbocycles. The van der Waals surface area contributed by atoms with Crippen molar-refractivity contribution in [2.75, 3.05) is 4.90 Å². The van der Waals surface area contributed by atoms with Gasteiger partial charge in [-0.1, -0.05) is 133 Å². The minimum Gasteiger partial charge on any atom is -0.310 e. The van der Waals surface area contributed by atoms with Crippen LogP contribution in [0.2, 0.25) is 0 Å². The van der Waals surface area contributed by atoms with Crippen LogP contribution >= 0.6 is 6.58 Å². The van der Waals surface area contributed by atoms with E-state index in [1.807, 2.05) is 24.3 Å². The van der Waals surface area contributed by atoms with Crippen molar-refractivity contribution in [1.29, 1.82) is 0 Å². The lowest BCUT2D eigenvalue weighted by Gasteiger charge is -2.27. The Hall–Kier alpha value is -5.90. The van der Waals surface area contributed by atoms with E-state index in [9.17, 15) is 4.57 Å². The highest BCUT2D eigenvalue weighted by Crippen LogP contribution is 2.41. The van der Waals surface area contributed by atoms with Crippen molar-refractivity contribution in [2.24, 2.45) is 0 Å². The Morgan fingerprint density at radius 2 is 0.755 bits per heavy atom. The summed E-state index contributed by atoms with van der Waals surface area (Å²) in [5.74, 6) is 0. The molecular weight excluding hydrogens is 702 g/mol. The predicted octanol–water partition coefficient (Wildman–Crippen LogP) is 13.7. The summed E-state index contributed by atoms with van der Waals surface area (Å²) in [4.78, 5) is 2.35. The number of hydrogen-bond acceptors (Lipinski definition) is 3. The first kappa shape index (κ1) is 31.8. The molecule has 53 heavy (non-hydrogen) atoms. The third-order valence-corrected chi connectivity index (χ3v) is 13.7. The summed E-state index contributed by atoms with van der Waals surface area (Å²) in [6.45, 7) is -1.61. The fourth-order valence-electron chi connectivity index (χ4n) is 7.98. The van der Waals surface area contributed by atoms with Gasteiger partial charge in [0.15, 0.2) is 6.58 Å². The third kappa shape index (κ3) is 5.46. The van der Waals surface area contributed by atoms with Crippen LogP contribution in [0.1, 0.15) is 0 Å². The summed E-state index contributed by atoms with van der Waals surface area (Å²) < 4.78 is 12.2. The average molecular weight is 732 g/mol. The highest BCUT2D eigenvalue weighted by Gasteiger charge is 2.16. The van der Waals surface area contributed by atoms with Crippen LogP contribution in [0.25, 0.3) is 75.8 Å². The maximum absolute atomic E-state index is 12.2. The summed E-state index contributed by atoms with van der Waals surface area (Å²) in [5.41, 5.74) is 5.40. The van der Waals surface area contributed by atoms with Gasteiger partial charge in [-0.15, -0.1) is 0 Å². The summed E-state index contributed by atoms with van der Waals surface area (Å²) >= 11 is 4.96. The van der Waals surface area contributed by atoms with E-state index < -0.39 is 6.58 Å². The Labute approximate surface area is 315 Å². The topological polar surface area (TPSA) is 20.3 Å². The lowest BCUT2D eigenvalue weighted by molar-refractivity contribution is 0.602. The van der Waals surface area contributed by atoms with Gasteiger partial charge in [-0.05, 0) is 145 Å². The monoisotopic (exact) mass is 731 g/mol. The van der Waals surface area contributed by atoms with Gasteiger partial charge in [0, 0.05) is 22.4 Å². The van der Waals surface area contributed by atoms with E-state index in [-0.39, 0.29) is 0 Å². The number of fused-ring (bicyclic) bond motifs is 10. The predicted molar refractivity (Wildman–Crippen MR) is 234 cm³/mol. The van der Waals surface area contributed by atoms with E-state index in [1.54, 1.807) is 0 Å². The summed E-state index contributed by atoms with van der Waals surface area (Å²) in [5, 5.41) is 15.8. The van der Waals surface area contributed by atoms with Gasteiger partial charge in [-0.25, -0.2) is 0 Å². The fourth-order valence-corrected chi connectivity index (χ4v) is 9.86. The fraction of sp³-hybridized carbons (Fsp3) is 0. The molecule has 2 nitrogen and oxygen atoms in total. The van der Waals surface area contributed by atoms with Crippen molar-refractivity contribution < 1.29 is 4.57 Å². The first-order chi connectivity index (χ1) is 26.1. The van der Waals surface area contributed by atoms with E-state index in [1.165, 1.54) is 64.6 Å². The SMILES string of the molecule is O=P(=S=S)c1ccc(-c2ccc(N(c3ccc4c(ccc5c6ccccc6ccc45)c3)c3ccc4c(ccc5c6ccccc6ccc45)c3)cc2)cc1. The maximum atomic E-state index is 12.2. The Morgan fingerprint density at radius 3 is 1.23 bits per heavy atom. The van der Waals surface area contributed by atoms with Gasteiger partial charge in [-0.2, -0.15) is 0 Å². The first-order valence-electron chi connectivity index (χ1n) is 17.6. The average Bonchev–Trinajstić information content (AvgIpc) is 3.23. The molecule has 250 valence electrons. The molecule has 0 spiro atoms. The summed E-state index contributed by atoms with van der Waals surface area (Å²) in [6, 6.07) is 65.5. The molecule has 0 bridgehead atoms. The zero-order valence-corrected chi connectivity index (χ0v) is 31.0. The Kier molecular flexibility index (Phi) is 7.77. The molecule has 1 unspecified atom stereocenters. The molecule has 10 aromatic carbocycles. The molecule has 10 rings (SSSR count). The van der Waals surface area contributed by atoms with Crippen LogP contribution in [0.15, 0.2) is 182 Å². The second-order valence-corrected chi connectivity index (χ2v) is 17.4.